The molecule has 2 heterocycles. The molecule has 2 amide bonds. The van der Waals surface area contributed by atoms with Crippen molar-refractivity contribution in [1.82, 2.24) is 15.5 Å². The molecule has 0 saturated carbocycles. The molecule has 0 radical (unpaired) electrons. The monoisotopic (exact) mass is 494 g/mol. The SMILES string of the molecule is CCOC(=O)C1=C(CN2CCN(c3ccccc3C)CC2)NC(=O)NC1c1ccc(OC)c(OC)c1. The van der Waals surface area contributed by atoms with Crippen molar-refractivity contribution in [3.8, 4) is 11.5 Å². The highest BCUT2D eigenvalue weighted by Crippen LogP contribution is 2.34. The van der Waals surface area contributed by atoms with E-state index in [1.807, 2.05) is 12.1 Å². The van der Waals surface area contributed by atoms with Gasteiger partial charge in [0.15, 0.2) is 11.5 Å². The quantitative estimate of drug-likeness (QED) is 0.545. The lowest BCUT2D eigenvalue weighted by Gasteiger charge is -2.38. The van der Waals surface area contributed by atoms with Crippen molar-refractivity contribution in [1.29, 1.82) is 0 Å². The molecular weight excluding hydrogens is 460 g/mol. The number of ether oxygens (including phenoxy) is 3. The van der Waals surface area contributed by atoms with Gasteiger partial charge in [-0.25, -0.2) is 9.59 Å². The minimum Gasteiger partial charge on any atom is -0.493 e. The number of urea groups is 1. The zero-order valence-corrected chi connectivity index (χ0v) is 21.3. The molecule has 0 spiro atoms. The minimum absolute atomic E-state index is 0.233. The summed E-state index contributed by atoms with van der Waals surface area (Å²) >= 11 is 0. The van der Waals surface area contributed by atoms with Crippen LogP contribution < -0.4 is 25.0 Å². The number of aryl methyl sites for hydroxylation is 1. The van der Waals surface area contributed by atoms with Crippen LogP contribution in [0.1, 0.15) is 24.1 Å². The van der Waals surface area contributed by atoms with Crippen molar-refractivity contribution in [3.05, 3.63) is 64.9 Å². The van der Waals surface area contributed by atoms with E-state index in [9.17, 15) is 9.59 Å². The minimum atomic E-state index is -0.680. The smallest absolute Gasteiger partial charge is 0.338 e. The molecule has 2 aliphatic heterocycles. The molecule has 2 aromatic rings. The van der Waals surface area contributed by atoms with E-state index in [-0.39, 0.29) is 12.6 Å². The van der Waals surface area contributed by atoms with Gasteiger partial charge in [-0.1, -0.05) is 24.3 Å². The Labute approximate surface area is 212 Å². The molecule has 1 fully saturated rings. The molecule has 0 bridgehead atoms. The summed E-state index contributed by atoms with van der Waals surface area (Å²) in [4.78, 5) is 30.4. The van der Waals surface area contributed by atoms with Gasteiger partial charge in [0.05, 0.1) is 32.4 Å². The van der Waals surface area contributed by atoms with Crippen LogP contribution in [-0.2, 0) is 9.53 Å². The number of anilines is 1. The maximum atomic E-state index is 13.1. The Bertz CT molecular complexity index is 1140. The van der Waals surface area contributed by atoms with E-state index in [2.05, 4.69) is 45.6 Å². The number of benzene rings is 2. The van der Waals surface area contributed by atoms with Crippen molar-refractivity contribution in [2.24, 2.45) is 0 Å². The van der Waals surface area contributed by atoms with Gasteiger partial charge in [0.25, 0.3) is 0 Å². The highest BCUT2D eigenvalue weighted by molar-refractivity contribution is 5.95. The third-order valence-electron chi connectivity index (χ3n) is 6.60. The molecule has 2 aromatic carbocycles. The van der Waals surface area contributed by atoms with Gasteiger partial charge < -0.3 is 29.7 Å². The maximum Gasteiger partial charge on any atom is 0.338 e. The average molecular weight is 495 g/mol. The topological polar surface area (TPSA) is 92.4 Å². The molecule has 9 nitrogen and oxygen atoms in total. The van der Waals surface area contributed by atoms with Crippen LogP contribution in [-0.4, -0.2) is 70.5 Å². The summed E-state index contributed by atoms with van der Waals surface area (Å²) in [6, 6.07) is 12.7. The average Bonchev–Trinajstić information content (AvgIpc) is 2.89. The lowest BCUT2D eigenvalue weighted by Crippen LogP contribution is -2.52. The van der Waals surface area contributed by atoms with Gasteiger partial charge in [0.2, 0.25) is 0 Å². The van der Waals surface area contributed by atoms with Gasteiger partial charge in [-0.2, -0.15) is 0 Å². The molecule has 1 unspecified atom stereocenters. The molecule has 4 rings (SSSR count). The predicted octanol–water partition coefficient (Wildman–Crippen LogP) is 3.01. The summed E-state index contributed by atoms with van der Waals surface area (Å²) in [5.41, 5.74) is 4.15. The summed E-state index contributed by atoms with van der Waals surface area (Å²) in [6.45, 7) is 7.89. The van der Waals surface area contributed by atoms with Crippen LogP contribution >= 0.6 is 0 Å². The zero-order chi connectivity index (χ0) is 25.7. The molecule has 2 N–H and O–H groups in total. The normalized spacial score (nSPS) is 18.4. The van der Waals surface area contributed by atoms with Crippen LogP contribution in [0.15, 0.2) is 53.7 Å². The number of esters is 1. The van der Waals surface area contributed by atoms with Crippen molar-refractivity contribution < 1.29 is 23.8 Å². The Balaban J connectivity index is 1.60. The number of nitrogens with one attached hydrogen (secondary N) is 2. The van der Waals surface area contributed by atoms with Crippen molar-refractivity contribution in [3.63, 3.8) is 0 Å². The lowest BCUT2D eigenvalue weighted by atomic mass is 9.94. The fourth-order valence-corrected chi connectivity index (χ4v) is 4.76. The highest BCUT2D eigenvalue weighted by Gasteiger charge is 2.35. The van der Waals surface area contributed by atoms with Crippen LogP contribution in [0.3, 0.4) is 0 Å². The Kier molecular flexibility index (Phi) is 8.00. The fourth-order valence-electron chi connectivity index (χ4n) is 4.76. The van der Waals surface area contributed by atoms with Crippen LogP contribution in [0, 0.1) is 6.92 Å². The first-order valence-electron chi connectivity index (χ1n) is 12.2. The lowest BCUT2D eigenvalue weighted by molar-refractivity contribution is -0.139. The number of para-hydroxylation sites is 1. The first kappa shape index (κ1) is 25.4. The number of piperazine rings is 1. The highest BCUT2D eigenvalue weighted by atomic mass is 16.5. The Morgan fingerprint density at radius 3 is 2.42 bits per heavy atom. The van der Waals surface area contributed by atoms with E-state index >= 15 is 0 Å². The van der Waals surface area contributed by atoms with Crippen molar-refractivity contribution >= 4 is 17.7 Å². The van der Waals surface area contributed by atoms with Gasteiger partial charge in [-0.15, -0.1) is 0 Å². The van der Waals surface area contributed by atoms with E-state index < -0.39 is 12.0 Å². The van der Waals surface area contributed by atoms with Gasteiger partial charge in [0.1, 0.15) is 0 Å². The molecule has 36 heavy (non-hydrogen) atoms. The molecule has 9 heteroatoms. The van der Waals surface area contributed by atoms with Crippen LogP contribution in [0.4, 0.5) is 10.5 Å². The van der Waals surface area contributed by atoms with E-state index in [0.717, 1.165) is 26.2 Å². The summed E-state index contributed by atoms with van der Waals surface area (Å²) < 4.78 is 16.2. The summed E-state index contributed by atoms with van der Waals surface area (Å²) in [5.74, 6) is 0.619. The van der Waals surface area contributed by atoms with Gasteiger partial charge in [-0.3, -0.25) is 4.90 Å². The first-order chi connectivity index (χ1) is 17.4. The molecule has 192 valence electrons. The standard InChI is InChI=1S/C27H34N4O5/c1-5-36-26(32)24-20(17-30-12-14-31(15-13-30)21-9-7-6-8-18(21)2)28-27(33)29-25(24)19-10-11-22(34-3)23(16-19)35-4/h6-11,16,25H,5,12-15,17H2,1-4H3,(H2,28,29,33). The zero-order valence-electron chi connectivity index (χ0n) is 21.3. The van der Waals surface area contributed by atoms with E-state index in [4.69, 9.17) is 14.2 Å². The third-order valence-corrected chi connectivity index (χ3v) is 6.60. The molecule has 1 atom stereocenters. The number of nitrogens with zero attached hydrogens (tertiary/aromatic N) is 2. The van der Waals surface area contributed by atoms with Gasteiger partial charge in [-0.05, 0) is 43.2 Å². The van der Waals surface area contributed by atoms with Crippen molar-refractivity contribution in [2.75, 3.05) is 58.5 Å². The fraction of sp³-hybridized carbons (Fsp3) is 0.407. The number of methoxy groups -OCH3 is 2. The van der Waals surface area contributed by atoms with E-state index in [0.29, 0.717) is 34.9 Å². The maximum absolute atomic E-state index is 13.1. The van der Waals surface area contributed by atoms with Gasteiger partial charge in [0, 0.05) is 44.1 Å². The van der Waals surface area contributed by atoms with E-state index in [1.54, 1.807) is 33.3 Å². The van der Waals surface area contributed by atoms with Crippen LogP contribution in [0.5, 0.6) is 11.5 Å². The second-order valence-corrected chi connectivity index (χ2v) is 8.81. The first-order valence-corrected chi connectivity index (χ1v) is 12.2. The number of carbonyl (C=O) groups excluding carboxylic acids is 2. The molecule has 2 aliphatic rings. The van der Waals surface area contributed by atoms with Gasteiger partial charge >= 0.3 is 12.0 Å². The predicted molar refractivity (Wildman–Crippen MR) is 137 cm³/mol. The number of carbonyl (C=O) groups is 2. The molecular formula is C27H34N4O5. The number of hydrogen-bond donors (Lipinski definition) is 2. The molecule has 0 aromatic heterocycles. The number of rotatable bonds is 8. The summed E-state index contributed by atoms with van der Waals surface area (Å²) in [6.07, 6.45) is 0. The molecule has 0 aliphatic carbocycles. The third kappa shape index (κ3) is 5.41. The second-order valence-electron chi connectivity index (χ2n) is 8.81. The number of amides is 2. The Morgan fingerprint density at radius 2 is 1.75 bits per heavy atom. The Hall–Kier alpha value is -3.72. The Morgan fingerprint density at radius 1 is 1.03 bits per heavy atom. The summed E-state index contributed by atoms with van der Waals surface area (Å²) in [5, 5.41) is 5.75. The van der Waals surface area contributed by atoms with E-state index in [1.165, 1.54) is 11.3 Å². The van der Waals surface area contributed by atoms with Crippen molar-refractivity contribution in [2.45, 2.75) is 19.9 Å². The van der Waals surface area contributed by atoms with Crippen LogP contribution in [0.25, 0.3) is 0 Å². The summed E-state index contributed by atoms with van der Waals surface area (Å²) in [7, 11) is 3.11. The second kappa shape index (κ2) is 11.3. The largest absolute Gasteiger partial charge is 0.493 e. The number of hydrogen-bond acceptors (Lipinski definition) is 7. The molecule has 1 saturated heterocycles. The van der Waals surface area contributed by atoms with Crippen LogP contribution in [0.2, 0.25) is 0 Å².